The fourth-order valence-corrected chi connectivity index (χ4v) is 1.57. The fraction of sp³-hybridized carbons (Fsp3) is 0.727. The number of amides is 2. The van der Waals surface area contributed by atoms with E-state index >= 15 is 0 Å². The summed E-state index contributed by atoms with van der Waals surface area (Å²) in [7, 11) is 1.65. The van der Waals surface area contributed by atoms with Gasteiger partial charge in [0, 0.05) is 26.6 Å². The van der Waals surface area contributed by atoms with Gasteiger partial charge in [-0.05, 0) is 13.8 Å². The van der Waals surface area contributed by atoms with Gasteiger partial charge in [0.05, 0.1) is 11.3 Å². The molecule has 1 aliphatic heterocycles. The number of hydrogen-bond donors (Lipinski definition) is 2. The number of aliphatic carboxylic acids is 1. The van der Waals surface area contributed by atoms with Crippen LogP contribution in [0.3, 0.4) is 0 Å². The Morgan fingerprint density at radius 1 is 1.53 bits per heavy atom. The molecule has 0 aromatic rings. The number of nitrogens with one attached hydrogen (secondary N) is 1. The van der Waals surface area contributed by atoms with Crippen LogP contribution in [-0.4, -0.2) is 47.9 Å². The zero-order chi connectivity index (χ0) is 13.2. The minimum Gasteiger partial charge on any atom is -0.481 e. The summed E-state index contributed by atoms with van der Waals surface area (Å²) in [5.41, 5.74) is -0.996. The van der Waals surface area contributed by atoms with Crippen LogP contribution < -0.4 is 5.32 Å². The van der Waals surface area contributed by atoms with E-state index in [1.54, 1.807) is 20.9 Å². The van der Waals surface area contributed by atoms with E-state index in [9.17, 15) is 14.4 Å². The molecule has 6 nitrogen and oxygen atoms in total. The second-order valence-electron chi connectivity index (χ2n) is 5.08. The van der Waals surface area contributed by atoms with Crippen molar-refractivity contribution >= 4 is 17.8 Å². The van der Waals surface area contributed by atoms with Gasteiger partial charge in [-0.15, -0.1) is 0 Å². The van der Waals surface area contributed by atoms with Crippen LogP contribution in [0, 0.1) is 11.3 Å². The Hall–Kier alpha value is -1.59. The van der Waals surface area contributed by atoms with Gasteiger partial charge in [-0.2, -0.15) is 0 Å². The number of likely N-dealkylation sites (tertiary alicyclic amines) is 1. The Morgan fingerprint density at radius 2 is 2.12 bits per heavy atom. The predicted molar refractivity (Wildman–Crippen MR) is 60.2 cm³/mol. The molecule has 1 rings (SSSR count). The topological polar surface area (TPSA) is 86.7 Å². The van der Waals surface area contributed by atoms with Crippen molar-refractivity contribution in [3.05, 3.63) is 0 Å². The number of carboxylic acids is 1. The average molecular weight is 242 g/mol. The maximum Gasteiger partial charge on any atom is 0.310 e. The van der Waals surface area contributed by atoms with E-state index in [-0.39, 0.29) is 30.7 Å². The SMILES string of the molecule is CN1CC(C(=O)NCC(C)(C)C(=O)O)CC1=O. The average Bonchev–Trinajstić information content (AvgIpc) is 2.56. The Labute approximate surface area is 100.0 Å². The molecule has 0 aliphatic carbocycles. The predicted octanol–water partition coefficient (Wildman–Crippen LogP) is -0.308. The zero-order valence-electron chi connectivity index (χ0n) is 10.3. The molecule has 96 valence electrons. The maximum atomic E-state index is 11.7. The van der Waals surface area contributed by atoms with Gasteiger partial charge in [0.25, 0.3) is 0 Å². The summed E-state index contributed by atoms with van der Waals surface area (Å²) in [6.45, 7) is 3.55. The summed E-state index contributed by atoms with van der Waals surface area (Å²) in [6.07, 6.45) is 0.204. The zero-order valence-corrected chi connectivity index (χ0v) is 10.3. The Morgan fingerprint density at radius 3 is 2.53 bits per heavy atom. The van der Waals surface area contributed by atoms with Crippen LogP contribution in [0.25, 0.3) is 0 Å². The van der Waals surface area contributed by atoms with Crippen LogP contribution in [0.4, 0.5) is 0 Å². The van der Waals surface area contributed by atoms with Gasteiger partial charge in [-0.1, -0.05) is 0 Å². The highest BCUT2D eigenvalue weighted by molar-refractivity contribution is 5.89. The number of carboxylic acid groups (broad SMARTS) is 1. The summed E-state index contributed by atoms with van der Waals surface area (Å²) in [6, 6.07) is 0. The van der Waals surface area contributed by atoms with Gasteiger partial charge in [-0.3, -0.25) is 14.4 Å². The molecule has 0 aromatic heterocycles. The lowest BCUT2D eigenvalue weighted by molar-refractivity contribution is -0.147. The third-order valence-corrected chi connectivity index (χ3v) is 3.00. The van der Waals surface area contributed by atoms with Gasteiger partial charge in [0.2, 0.25) is 11.8 Å². The lowest BCUT2D eigenvalue weighted by Crippen LogP contribution is -2.41. The van der Waals surface area contributed by atoms with Gasteiger partial charge in [0.15, 0.2) is 0 Å². The number of nitrogens with zero attached hydrogens (tertiary/aromatic N) is 1. The van der Waals surface area contributed by atoms with Gasteiger partial charge >= 0.3 is 5.97 Å². The smallest absolute Gasteiger partial charge is 0.310 e. The molecule has 1 atom stereocenters. The summed E-state index contributed by atoms with van der Waals surface area (Å²) in [5.74, 6) is -1.63. The molecule has 0 radical (unpaired) electrons. The van der Waals surface area contributed by atoms with E-state index in [1.165, 1.54) is 4.90 Å². The molecule has 1 fully saturated rings. The molecular weight excluding hydrogens is 224 g/mol. The summed E-state index contributed by atoms with van der Waals surface area (Å²) in [4.78, 5) is 35.3. The van der Waals surface area contributed by atoms with E-state index < -0.39 is 11.4 Å². The van der Waals surface area contributed by atoms with E-state index in [4.69, 9.17) is 5.11 Å². The van der Waals surface area contributed by atoms with Crippen LogP contribution in [-0.2, 0) is 14.4 Å². The minimum absolute atomic E-state index is 0.0531. The lowest BCUT2D eigenvalue weighted by Gasteiger charge is -2.20. The highest BCUT2D eigenvalue weighted by Crippen LogP contribution is 2.17. The van der Waals surface area contributed by atoms with Crippen molar-refractivity contribution in [3.63, 3.8) is 0 Å². The van der Waals surface area contributed by atoms with E-state index in [1.807, 2.05) is 0 Å². The summed E-state index contributed by atoms with van der Waals surface area (Å²) in [5, 5.41) is 11.5. The normalized spacial score (nSPS) is 20.5. The molecule has 1 aliphatic rings. The first-order valence-electron chi connectivity index (χ1n) is 5.49. The number of carbonyl (C=O) groups is 3. The molecule has 0 aromatic carbocycles. The molecule has 17 heavy (non-hydrogen) atoms. The molecule has 6 heteroatoms. The van der Waals surface area contributed by atoms with Gasteiger partial charge in [-0.25, -0.2) is 0 Å². The second kappa shape index (κ2) is 4.73. The first-order valence-corrected chi connectivity index (χ1v) is 5.49. The summed E-state index contributed by atoms with van der Waals surface area (Å²) < 4.78 is 0. The van der Waals surface area contributed by atoms with E-state index in [0.29, 0.717) is 6.54 Å². The van der Waals surface area contributed by atoms with Crippen molar-refractivity contribution in [3.8, 4) is 0 Å². The fourth-order valence-electron chi connectivity index (χ4n) is 1.57. The molecule has 1 saturated heterocycles. The standard InChI is InChI=1S/C11H18N2O4/c1-11(2,10(16)17)6-12-9(15)7-4-8(14)13(3)5-7/h7H,4-6H2,1-3H3,(H,12,15)(H,16,17). The molecule has 0 spiro atoms. The summed E-state index contributed by atoms with van der Waals surface area (Å²) >= 11 is 0. The molecular formula is C11H18N2O4. The molecule has 2 N–H and O–H groups in total. The molecule has 1 unspecified atom stereocenters. The molecule has 0 bridgehead atoms. The first kappa shape index (κ1) is 13.5. The van der Waals surface area contributed by atoms with Crippen LogP contribution in [0.1, 0.15) is 20.3 Å². The van der Waals surface area contributed by atoms with Crippen molar-refractivity contribution in [2.75, 3.05) is 20.1 Å². The second-order valence-corrected chi connectivity index (χ2v) is 5.08. The Balaban J connectivity index is 2.46. The van der Waals surface area contributed by atoms with Crippen molar-refractivity contribution in [2.24, 2.45) is 11.3 Å². The number of rotatable bonds is 4. The first-order chi connectivity index (χ1) is 7.74. The third kappa shape index (κ3) is 3.18. The monoisotopic (exact) mass is 242 g/mol. The Bertz CT molecular complexity index is 351. The quantitative estimate of drug-likeness (QED) is 0.708. The highest BCUT2D eigenvalue weighted by atomic mass is 16.4. The molecule has 0 saturated carbocycles. The van der Waals surface area contributed by atoms with Crippen LogP contribution in [0.15, 0.2) is 0 Å². The Kier molecular flexibility index (Phi) is 3.75. The maximum absolute atomic E-state index is 11.7. The van der Waals surface area contributed by atoms with Crippen molar-refractivity contribution in [1.82, 2.24) is 10.2 Å². The van der Waals surface area contributed by atoms with Crippen LogP contribution >= 0.6 is 0 Å². The largest absolute Gasteiger partial charge is 0.481 e. The van der Waals surface area contributed by atoms with Crippen molar-refractivity contribution < 1.29 is 19.5 Å². The van der Waals surface area contributed by atoms with E-state index in [0.717, 1.165) is 0 Å². The van der Waals surface area contributed by atoms with Gasteiger partial charge < -0.3 is 15.3 Å². The number of hydrogen-bond acceptors (Lipinski definition) is 3. The third-order valence-electron chi connectivity index (χ3n) is 3.00. The highest BCUT2D eigenvalue weighted by Gasteiger charge is 2.34. The molecule has 1 heterocycles. The molecule has 2 amide bonds. The van der Waals surface area contributed by atoms with Gasteiger partial charge in [0.1, 0.15) is 0 Å². The van der Waals surface area contributed by atoms with E-state index in [2.05, 4.69) is 5.32 Å². The lowest BCUT2D eigenvalue weighted by atomic mass is 9.93. The van der Waals surface area contributed by atoms with Crippen molar-refractivity contribution in [1.29, 1.82) is 0 Å². The minimum atomic E-state index is -0.996. The number of carbonyl (C=O) groups excluding carboxylic acids is 2. The van der Waals surface area contributed by atoms with Crippen LogP contribution in [0.5, 0.6) is 0 Å². The van der Waals surface area contributed by atoms with Crippen molar-refractivity contribution in [2.45, 2.75) is 20.3 Å². The van der Waals surface area contributed by atoms with Crippen LogP contribution in [0.2, 0.25) is 0 Å².